The molecule has 1 aliphatic heterocycles. The summed E-state index contributed by atoms with van der Waals surface area (Å²) in [5, 5.41) is 2.76. The molecule has 1 saturated heterocycles. The van der Waals surface area contributed by atoms with E-state index < -0.39 is 17.4 Å². The van der Waals surface area contributed by atoms with Crippen LogP contribution in [-0.2, 0) is 11.3 Å². The van der Waals surface area contributed by atoms with Gasteiger partial charge in [-0.25, -0.2) is 14.2 Å². The minimum absolute atomic E-state index is 0.0191. The summed E-state index contributed by atoms with van der Waals surface area (Å²) in [6, 6.07) is 5.44. The average Bonchev–Trinajstić information content (AvgIpc) is 3.14. The Bertz CT molecular complexity index is 783. The summed E-state index contributed by atoms with van der Waals surface area (Å²) < 4.78 is 18.6. The van der Waals surface area contributed by atoms with Gasteiger partial charge in [-0.15, -0.1) is 0 Å². The SMILES string of the molecule is CCC1(CC)NC(=O)N(Cc2coc(-c3cccc(F)c3)n2)C1=O. The van der Waals surface area contributed by atoms with Crippen molar-refractivity contribution in [2.75, 3.05) is 0 Å². The molecule has 2 aromatic rings. The summed E-state index contributed by atoms with van der Waals surface area (Å²) in [5.41, 5.74) is 0.0855. The summed E-state index contributed by atoms with van der Waals surface area (Å²) in [6.45, 7) is 3.75. The lowest BCUT2D eigenvalue weighted by Crippen LogP contribution is -2.45. The van der Waals surface area contributed by atoms with E-state index in [1.54, 1.807) is 12.1 Å². The van der Waals surface area contributed by atoms with E-state index in [0.717, 1.165) is 4.90 Å². The number of hydrogen-bond acceptors (Lipinski definition) is 4. The number of nitrogens with one attached hydrogen (secondary N) is 1. The smallest absolute Gasteiger partial charge is 0.325 e. The second kappa shape index (κ2) is 6.07. The largest absolute Gasteiger partial charge is 0.444 e. The van der Waals surface area contributed by atoms with Gasteiger partial charge >= 0.3 is 6.03 Å². The number of rotatable bonds is 5. The standard InChI is InChI=1S/C17H18FN3O3/c1-3-17(4-2)15(22)21(16(23)20-17)9-13-10-24-14(19-13)11-6-5-7-12(18)8-11/h5-8,10H,3-4,9H2,1-2H3,(H,20,23). The first-order valence-electron chi connectivity index (χ1n) is 7.83. The molecule has 6 nitrogen and oxygen atoms in total. The van der Waals surface area contributed by atoms with Crippen LogP contribution in [0.25, 0.3) is 11.5 Å². The third-order valence-corrected chi connectivity index (χ3v) is 4.40. The van der Waals surface area contributed by atoms with Crippen LogP contribution in [0.4, 0.5) is 9.18 Å². The molecular formula is C17H18FN3O3. The highest BCUT2D eigenvalue weighted by Gasteiger charge is 2.48. The lowest BCUT2D eigenvalue weighted by Gasteiger charge is -2.22. The minimum Gasteiger partial charge on any atom is -0.444 e. The van der Waals surface area contributed by atoms with Crippen LogP contribution in [0.1, 0.15) is 32.4 Å². The zero-order valence-electron chi connectivity index (χ0n) is 13.5. The summed E-state index contributed by atoms with van der Waals surface area (Å²) in [7, 11) is 0. The van der Waals surface area contributed by atoms with Crippen molar-refractivity contribution < 1.29 is 18.4 Å². The van der Waals surface area contributed by atoms with Crippen LogP contribution in [0.15, 0.2) is 34.9 Å². The molecule has 24 heavy (non-hydrogen) atoms. The summed E-state index contributed by atoms with van der Waals surface area (Å²) in [5.74, 6) is -0.404. The van der Waals surface area contributed by atoms with Crippen LogP contribution >= 0.6 is 0 Å². The average molecular weight is 331 g/mol. The lowest BCUT2D eigenvalue weighted by atomic mass is 9.93. The number of amides is 3. The van der Waals surface area contributed by atoms with Crippen molar-refractivity contribution in [2.45, 2.75) is 38.8 Å². The normalized spacial score (nSPS) is 16.5. The number of imide groups is 1. The molecule has 1 fully saturated rings. The second-order valence-electron chi connectivity index (χ2n) is 5.77. The van der Waals surface area contributed by atoms with Gasteiger partial charge in [-0.1, -0.05) is 19.9 Å². The van der Waals surface area contributed by atoms with Crippen LogP contribution in [0.5, 0.6) is 0 Å². The number of benzene rings is 1. The molecule has 0 atom stereocenters. The third-order valence-electron chi connectivity index (χ3n) is 4.40. The van der Waals surface area contributed by atoms with Crippen LogP contribution in [-0.4, -0.2) is 27.4 Å². The number of carbonyl (C=O) groups is 2. The Kier molecular flexibility index (Phi) is 4.09. The zero-order chi connectivity index (χ0) is 17.3. The number of oxazole rings is 1. The fourth-order valence-corrected chi connectivity index (χ4v) is 2.84. The van der Waals surface area contributed by atoms with Crippen molar-refractivity contribution in [3.8, 4) is 11.5 Å². The monoisotopic (exact) mass is 331 g/mol. The fourth-order valence-electron chi connectivity index (χ4n) is 2.84. The first kappa shape index (κ1) is 16.2. The molecule has 3 amide bonds. The highest BCUT2D eigenvalue weighted by molar-refractivity contribution is 6.06. The molecule has 0 unspecified atom stereocenters. The van der Waals surface area contributed by atoms with Gasteiger partial charge in [0.25, 0.3) is 5.91 Å². The summed E-state index contributed by atoms with van der Waals surface area (Å²) in [4.78, 5) is 30.1. The van der Waals surface area contributed by atoms with Gasteiger partial charge in [-0.2, -0.15) is 0 Å². The fraction of sp³-hybridized carbons (Fsp3) is 0.353. The first-order valence-corrected chi connectivity index (χ1v) is 7.83. The Morgan fingerprint density at radius 2 is 2.04 bits per heavy atom. The van der Waals surface area contributed by atoms with E-state index in [0.29, 0.717) is 24.1 Å². The maximum Gasteiger partial charge on any atom is 0.325 e. The molecule has 2 heterocycles. The Hall–Kier alpha value is -2.70. The molecule has 0 aliphatic carbocycles. The summed E-state index contributed by atoms with van der Waals surface area (Å²) in [6.07, 6.45) is 2.43. The van der Waals surface area contributed by atoms with Crippen molar-refractivity contribution in [1.82, 2.24) is 15.2 Å². The van der Waals surface area contributed by atoms with Gasteiger partial charge in [-0.05, 0) is 31.0 Å². The van der Waals surface area contributed by atoms with Gasteiger partial charge in [-0.3, -0.25) is 9.69 Å². The van der Waals surface area contributed by atoms with Gasteiger partial charge in [0.2, 0.25) is 5.89 Å². The van der Waals surface area contributed by atoms with Gasteiger partial charge in [0.15, 0.2) is 0 Å². The molecule has 1 aromatic heterocycles. The molecule has 0 radical (unpaired) electrons. The molecule has 3 rings (SSSR count). The molecule has 1 aromatic carbocycles. The number of hydrogen-bond donors (Lipinski definition) is 1. The van der Waals surface area contributed by atoms with Crippen LogP contribution < -0.4 is 5.32 Å². The van der Waals surface area contributed by atoms with Crippen molar-refractivity contribution in [3.05, 3.63) is 42.0 Å². The van der Waals surface area contributed by atoms with Crippen LogP contribution in [0.3, 0.4) is 0 Å². The van der Waals surface area contributed by atoms with Gasteiger partial charge in [0.05, 0.1) is 12.2 Å². The van der Waals surface area contributed by atoms with E-state index in [2.05, 4.69) is 10.3 Å². The third kappa shape index (κ3) is 2.66. The molecule has 0 saturated carbocycles. The first-order chi connectivity index (χ1) is 11.5. The maximum atomic E-state index is 13.3. The minimum atomic E-state index is -0.841. The van der Waals surface area contributed by atoms with E-state index in [9.17, 15) is 14.0 Å². The Balaban J connectivity index is 1.80. The predicted octanol–water partition coefficient (Wildman–Crippen LogP) is 3.09. The molecule has 0 spiro atoms. The van der Waals surface area contributed by atoms with Gasteiger partial charge in [0, 0.05) is 5.56 Å². The highest BCUT2D eigenvalue weighted by atomic mass is 19.1. The molecular weight excluding hydrogens is 313 g/mol. The topological polar surface area (TPSA) is 75.4 Å². The molecule has 1 aliphatic rings. The zero-order valence-corrected chi connectivity index (χ0v) is 13.5. The number of halogens is 1. The number of urea groups is 1. The Morgan fingerprint density at radius 3 is 2.67 bits per heavy atom. The van der Waals surface area contributed by atoms with E-state index >= 15 is 0 Å². The van der Waals surface area contributed by atoms with Gasteiger partial charge < -0.3 is 9.73 Å². The van der Waals surface area contributed by atoms with Crippen molar-refractivity contribution >= 4 is 11.9 Å². The Morgan fingerprint density at radius 1 is 1.29 bits per heavy atom. The van der Waals surface area contributed by atoms with Crippen molar-refractivity contribution in [3.63, 3.8) is 0 Å². The number of aromatic nitrogens is 1. The highest BCUT2D eigenvalue weighted by Crippen LogP contribution is 2.27. The van der Waals surface area contributed by atoms with E-state index in [1.165, 1.54) is 18.4 Å². The molecule has 0 bridgehead atoms. The van der Waals surface area contributed by atoms with Crippen LogP contribution in [0.2, 0.25) is 0 Å². The second-order valence-corrected chi connectivity index (χ2v) is 5.77. The van der Waals surface area contributed by atoms with Gasteiger partial charge in [0.1, 0.15) is 17.6 Å². The van der Waals surface area contributed by atoms with Crippen molar-refractivity contribution in [1.29, 1.82) is 0 Å². The van der Waals surface area contributed by atoms with E-state index in [-0.39, 0.29) is 18.3 Å². The quantitative estimate of drug-likeness (QED) is 0.854. The van der Waals surface area contributed by atoms with Crippen molar-refractivity contribution in [2.24, 2.45) is 0 Å². The number of carbonyl (C=O) groups excluding carboxylic acids is 2. The van der Waals surface area contributed by atoms with E-state index in [4.69, 9.17) is 4.42 Å². The molecule has 7 heteroatoms. The molecule has 1 N–H and O–H groups in total. The number of nitrogens with zero attached hydrogens (tertiary/aromatic N) is 2. The lowest BCUT2D eigenvalue weighted by molar-refractivity contribution is -0.132. The Labute approximate surface area is 138 Å². The maximum absolute atomic E-state index is 13.3. The van der Waals surface area contributed by atoms with Crippen LogP contribution in [0, 0.1) is 5.82 Å². The predicted molar refractivity (Wildman–Crippen MR) is 84.3 cm³/mol. The summed E-state index contributed by atoms with van der Waals surface area (Å²) >= 11 is 0. The van der Waals surface area contributed by atoms with E-state index in [1.807, 2.05) is 13.8 Å². The molecule has 126 valence electrons.